The second-order valence-electron chi connectivity index (χ2n) is 11.4. The van der Waals surface area contributed by atoms with Gasteiger partial charge in [-0.2, -0.15) is 0 Å². The fourth-order valence-electron chi connectivity index (χ4n) is 5.53. The first kappa shape index (κ1) is 36.7. The van der Waals surface area contributed by atoms with Crippen LogP contribution < -0.4 is 20.8 Å². The van der Waals surface area contributed by atoms with Crippen molar-refractivity contribution in [1.82, 2.24) is 35.7 Å². The second-order valence-corrected chi connectivity index (χ2v) is 13.4. The molecule has 0 bridgehead atoms. The number of phenolic OH excluding ortho intramolecular Hbond substituents is 2. The molecule has 1 saturated heterocycles. The Hall–Kier alpha value is -6.13. The van der Waals surface area contributed by atoms with Crippen molar-refractivity contribution in [3.63, 3.8) is 0 Å². The molecule has 6 rings (SSSR count). The zero-order valence-electron chi connectivity index (χ0n) is 27.3. The molecule has 0 aliphatic carbocycles. The Labute approximate surface area is 304 Å². The topological polar surface area (TPSA) is 286 Å². The number of rotatable bonds is 13. The molecule has 53 heavy (non-hydrogen) atoms. The minimum atomic E-state index is -2.09. The highest BCUT2D eigenvalue weighted by Crippen LogP contribution is 2.47. The van der Waals surface area contributed by atoms with Crippen LogP contribution in [0.2, 0.25) is 0 Å². The number of ether oxygens (including phenoxy) is 2. The van der Waals surface area contributed by atoms with Crippen molar-refractivity contribution in [2.45, 2.75) is 22.3 Å². The summed E-state index contributed by atoms with van der Waals surface area (Å²) in [6.45, 7) is -0.663. The minimum absolute atomic E-state index is 0.0844. The third kappa shape index (κ3) is 6.81. The predicted octanol–water partition coefficient (Wildman–Crippen LogP) is 0.167. The molecule has 0 spiro atoms. The van der Waals surface area contributed by atoms with Crippen molar-refractivity contribution >= 4 is 64.2 Å². The maximum absolute atomic E-state index is 14.1. The number of fused-ring (bicyclic) bond motifs is 2. The Morgan fingerprint density at radius 2 is 1.85 bits per heavy atom. The van der Waals surface area contributed by atoms with E-state index in [1.807, 2.05) is 0 Å². The van der Waals surface area contributed by atoms with Crippen LogP contribution in [0.1, 0.15) is 22.0 Å². The summed E-state index contributed by atoms with van der Waals surface area (Å²) in [7, 11) is 2.75. The number of β-lactam (4-membered cyclic amide) rings is 1. The van der Waals surface area contributed by atoms with Crippen LogP contribution in [0.15, 0.2) is 68.3 Å². The number of aryl methyl sites for hydroxylation is 1. The second kappa shape index (κ2) is 14.5. The molecule has 0 radical (unpaired) electrons. The summed E-state index contributed by atoms with van der Waals surface area (Å²) < 4.78 is 17.5. The van der Waals surface area contributed by atoms with Gasteiger partial charge in [0.1, 0.15) is 40.3 Å². The van der Waals surface area contributed by atoms with Crippen molar-refractivity contribution in [2.75, 3.05) is 25.2 Å². The zero-order chi connectivity index (χ0) is 38.2. The number of amides is 3. The van der Waals surface area contributed by atoms with E-state index in [1.54, 1.807) is 7.05 Å². The molecule has 1 unspecified atom stereocenters. The molecule has 2 aromatic carbocycles. The van der Waals surface area contributed by atoms with E-state index in [2.05, 4.69) is 26.2 Å². The molecule has 0 saturated carbocycles. The Morgan fingerprint density at radius 3 is 2.49 bits per heavy atom. The smallest absolute Gasteiger partial charge is 0.352 e. The van der Waals surface area contributed by atoms with E-state index in [-0.39, 0.29) is 39.5 Å². The molecule has 6 N–H and O–H groups in total. The Morgan fingerprint density at radius 1 is 1.13 bits per heavy atom. The number of carboxylic acids is 2. The lowest BCUT2D eigenvalue weighted by molar-refractivity contribution is -0.192. The van der Waals surface area contributed by atoms with Gasteiger partial charge in [0, 0.05) is 31.7 Å². The fourth-order valence-corrected chi connectivity index (χ4v) is 7.95. The van der Waals surface area contributed by atoms with Gasteiger partial charge in [-0.25, -0.2) is 14.3 Å². The number of hydrogen-bond donors (Lipinski definition) is 6. The van der Waals surface area contributed by atoms with Crippen molar-refractivity contribution in [3.05, 3.63) is 75.3 Å². The zero-order valence-corrected chi connectivity index (χ0v) is 29.0. The number of methoxy groups -OCH3 is 1. The Bertz CT molecular complexity index is 2260. The number of carboxylic acid groups (broad SMARTS) is 2. The molecule has 22 heteroatoms. The first-order valence-corrected chi connectivity index (χ1v) is 17.1. The number of nitrogens with zero attached hydrogens (tertiary/aromatic N) is 5. The molecular formula is C31H27N7O13S2. The molecule has 2 aliphatic rings. The molecule has 3 atom stereocenters. The monoisotopic (exact) mass is 769 g/mol. The van der Waals surface area contributed by atoms with Gasteiger partial charge in [-0.05, 0) is 39.8 Å². The lowest BCUT2D eigenvalue weighted by Gasteiger charge is -2.56. The van der Waals surface area contributed by atoms with Gasteiger partial charge in [0.15, 0.2) is 18.1 Å². The van der Waals surface area contributed by atoms with Gasteiger partial charge in [0.2, 0.25) is 16.5 Å². The van der Waals surface area contributed by atoms with Gasteiger partial charge in [-0.3, -0.25) is 24.1 Å². The fraction of sp³-hybridized carbons (Fsp3) is 0.258. The highest BCUT2D eigenvalue weighted by molar-refractivity contribution is 8.01. The third-order valence-corrected chi connectivity index (χ3v) is 10.6. The van der Waals surface area contributed by atoms with Gasteiger partial charge >= 0.3 is 11.9 Å². The number of carbonyl (C=O) groups is 5. The molecular weight excluding hydrogens is 743 g/mol. The van der Waals surface area contributed by atoms with E-state index in [0.717, 1.165) is 53.9 Å². The quantitative estimate of drug-likeness (QED) is 0.0457. The summed E-state index contributed by atoms with van der Waals surface area (Å²) in [4.78, 5) is 79.2. The summed E-state index contributed by atoms with van der Waals surface area (Å²) in [6.07, 6.45) is 0.799. The maximum atomic E-state index is 14.1. The summed E-state index contributed by atoms with van der Waals surface area (Å²) in [6, 6.07) is 5.54. The van der Waals surface area contributed by atoms with Crippen LogP contribution in [-0.2, 0) is 31.0 Å². The first-order chi connectivity index (χ1) is 25.2. The first-order valence-electron chi connectivity index (χ1n) is 15.1. The predicted molar refractivity (Wildman–Crippen MR) is 181 cm³/mol. The molecule has 4 aromatic rings. The van der Waals surface area contributed by atoms with E-state index in [9.17, 15) is 44.1 Å². The van der Waals surface area contributed by atoms with Gasteiger partial charge in [0.05, 0.1) is 5.39 Å². The number of aromatic hydroxyl groups is 2. The average molecular weight is 770 g/mol. The number of aliphatic carboxylic acids is 2. The lowest BCUT2D eigenvalue weighted by Crippen LogP contribution is -2.81. The van der Waals surface area contributed by atoms with E-state index < -0.39 is 75.9 Å². The summed E-state index contributed by atoms with van der Waals surface area (Å²) in [5.41, 5.74) is -3.56. The third-order valence-electron chi connectivity index (χ3n) is 8.13. The van der Waals surface area contributed by atoms with Gasteiger partial charge in [0.25, 0.3) is 17.5 Å². The van der Waals surface area contributed by atoms with E-state index in [1.165, 1.54) is 28.9 Å². The van der Waals surface area contributed by atoms with Gasteiger partial charge in [-0.1, -0.05) is 23.9 Å². The number of hydrogen-bond acceptors (Lipinski definition) is 16. The summed E-state index contributed by atoms with van der Waals surface area (Å²) in [5, 5.41) is 54.0. The SMILES string of the molecule is CO[C@@]1(NC(=O)C(NC(=O)c2coc3cc(O)c(O)cc3c2=O)c2ccc(OCC(=O)O)cc2)C(=O)N2C(C(=O)O)=C(CSc3nnnn3C)CS[C@H]21. The van der Waals surface area contributed by atoms with Crippen LogP contribution in [0.5, 0.6) is 17.2 Å². The Kier molecular flexibility index (Phi) is 10.0. The number of tetrazole rings is 1. The summed E-state index contributed by atoms with van der Waals surface area (Å²) >= 11 is 2.29. The van der Waals surface area contributed by atoms with Crippen molar-refractivity contribution < 1.29 is 58.3 Å². The number of benzene rings is 2. The molecule has 3 amide bonds. The summed E-state index contributed by atoms with van der Waals surface area (Å²) in [5.74, 6) is -6.53. The van der Waals surface area contributed by atoms with E-state index in [0.29, 0.717) is 10.7 Å². The van der Waals surface area contributed by atoms with E-state index >= 15 is 0 Å². The van der Waals surface area contributed by atoms with Crippen LogP contribution in [-0.4, -0.2) is 112 Å². The number of phenols is 2. The normalized spacial score (nSPS) is 18.6. The molecule has 2 aromatic heterocycles. The van der Waals surface area contributed by atoms with Crippen LogP contribution in [0.4, 0.5) is 0 Å². The van der Waals surface area contributed by atoms with Gasteiger partial charge in [-0.15, -0.1) is 16.9 Å². The number of aromatic nitrogens is 4. The van der Waals surface area contributed by atoms with Crippen molar-refractivity contribution in [3.8, 4) is 17.2 Å². The van der Waals surface area contributed by atoms with Gasteiger partial charge < -0.3 is 45.0 Å². The molecule has 2 aliphatic heterocycles. The largest absolute Gasteiger partial charge is 0.504 e. The minimum Gasteiger partial charge on any atom is -0.504 e. The van der Waals surface area contributed by atoms with Crippen LogP contribution in [0.3, 0.4) is 0 Å². The van der Waals surface area contributed by atoms with Crippen LogP contribution >= 0.6 is 23.5 Å². The van der Waals surface area contributed by atoms with E-state index in [4.69, 9.17) is 19.0 Å². The molecule has 276 valence electrons. The molecule has 20 nitrogen and oxygen atoms in total. The lowest BCUT2D eigenvalue weighted by atomic mass is 9.96. The number of thioether (sulfide) groups is 2. The van der Waals surface area contributed by atoms with Crippen LogP contribution in [0, 0.1) is 0 Å². The molecule has 1 fully saturated rings. The number of carbonyl (C=O) groups excluding carboxylic acids is 3. The standard InChI is InChI=1S/C31H27N7O13S2/c1-37-30(34-35-36-37)53-12-14-11-52-29-31(49-2,28(48)38(29)23(14)27(46)47)33-26(45)22(13-3-5-15(6-4-13)50-10-21(41)42)32-25(44)17-9-51-20-8-19(40)18(39)7-16(20)24(17)43/h3-9,22,29,39-40H,10-12H2,1-2H3,(H,32,44)(H,33,45)(H,41,42)(H,46,47)/t22?,29-,31-/m0/s1. The van der Waals surface area contributed by atoms with Crippen molar-refractivity contribution in [1.29, 1.82) is 0 Å². The average Bonchev–Trinajstić information content (AvgIpc) is 3.55. The van der Waals surface area contributed by atoms with Crippen LogP contribution in [0.25, 0.3) is 11.0 Å². The highest BCUT2D eigenvalue weighted by Gasteiger charge is 2.67. The Balaban J connectivity index is 1.29. The highest BCUT2D eigenvalue weighted by atomic mass is 32.2. The maximum Gasteiger partial charge on any atom is 0.352 e. The molecule has 4 heterocycles. The number of nitrogens with one attached hydrogen (secondary N) is 2. The van der Waals surface area contributed by atoms with Crippen molar-refractivity contribution in [2.24, 2.45) is 7.05 Å².